The highest BCUT2D eigenvalue weighted by Gasteiger charge is 2.38. The Hall–Kier alpha value is -1.04. The van der Waals surface area contributed by atoms with Gasteiger partial charge >= 0.3 is 6.18 Å². The van der Waals surface area contributed by atoms with E-state index in [-0.39, 0.29) is 5.69 Å². The van der Waals surface area contributed by atoms with Crippen LogP contribution in [0.2, 0.25) is 0 Å². The Morgan fingerprint density at radius 3 is 2.50 bits per heavy atom. The standard InChI is InChI=1S/C6H8F3N3/c1-3-11-2-4(12-3)5(10)6(7,8)9/h2,5H,10H2,1H3,(H,11,12). The van der Waals surface area contributed by atoms with Crippen LogP contribution < -0.4 is 5.73 Å². The zero-order valence-electron chi connectivity index (χ0n) is 6.31. The van der Waals surface area contributed by atoms with E-state index < -0.39 is 12.2 Å². The molecule has 0 aliphatic heterocycles. The van der Waals surface area contributed by atoms with Crippen LogP contribution >= 0.6 is 0 Å². The number of aromatic nitrogens is 2. The second-order valence-corrected chi connectivity index (χ2v) is 2.44. The van der Waals surface area contributed by atoms with Crippen molar-refractivity contribution in [3.05, 3.63) is 17.7 Å². The second kappa shape index (κ2) is 2.78. The fourth-order valence-corrected chi connectivity index (χ4v) is 0.774. The number of aryl methyl sites for hydroxylation is 1. The van der Waals surface area contributed by atoms with E-state index in [0.717, 1.165) is 6.20 Å². The summed E-state index contributed by atoms with van der Waals surface area (Å²) in [7, 11) is 0. The Kier molecular flexibility index (Phi) is 2.10. The summed E-state index contributed by atoms with van der Waals surface area (Å²) in [6.45, 7) is 1.56. The lowest BCUT2D eigenvalue weighted by Gasteiger charge is -2.12. The molecule has 6 heteroatoms. The smallest absolute Gasteiger partial charge is 0.345 e. The Balaban J connectivity index is 2.85. The molecular formula is C6H8F3N3. The normalized spacial score (nSPS) is 14.8. The van der Waals surface area contributed by atoms with Crippen LogP contribution in [0.5, 0.6) is 0 Å². The van der Waals surface area contributed by atoms with Crippen molar-refractivity contribution in [2.75, 3.05) is 0 Å². The summed E-state index contributed by atoms with van der Waals surface area (Å²) in [6, 6.07) is -1.97. The molecule has 0 fully saturated rings. The molecule has 1 heterocycles. The van der Waals surface area contributed by atoms with Gasteiger partial charge in [-0.2, -0.15) is 13.2 Å². The van der Waals surface area contributed by atoms with Gasteiger partial charge in [-0.25, -0.2) is 4.98 Å². The predicted octanol–water partition coefficient (Wildman–Crippen LogP) is 1.28. The van der Waals surface area contributed by atoms with E-state index in [1.807, 2.05) is 0 Å². The first-order valence-electron chi connectivity index (χ1n) is 3.25. The third-order valence-corrected chi connectivity index (χ3v) is 1.41. The van der Waals surface area contributed by atoms with Crippen molar-refractivity contribution in [1.29, 1.82) is 0 Å². The van der Waals surface area contributed by atoms with Crippen LogP contribution in [-0.4, -0.2) is 16.1 Å². The number of aromatic amines is 1. The van der Waals surface area contributed by atoms with Crippen molar-refractivity contribution >= 4 is 0 Å². The van der Waals surface area contributed by atoms with E-state index in [1.54, 1.807) is 6.92 Å². The van der Waals surface area contributed by atoms with Gasteiger partial charge in [-0.1, -0.05) is 0 Å². The molecule has 1 atom stereocenters. The van der Waals surface area contributed by atoms with Gasteiger partial charge in [0.1, 0.15) is 11.9 Å². The summed E-state index contributed by atoms with van der Waals surface area (Å²) in [5.74, 6) is 0.421. The molecule has 0 aliphatic carbocycles. The first-order valence-corrected chi connectivity index (χ1v) is 3.25. The molecular weight excluding hydrogens is 171 g/mol. The van der Waals surface area contributed by atoms with Crippen LogP contribution in [-0.2, 0) is 0 Å². The molecule has 1 aromatic heterocycles. The number of halogens is 3. The fourth-order valence-electron chi connectivity index (χ4n) is 0.774. The van der Waals surface area contributed by atoms with E-state index in [9.17, 15) is 13.2 Å². The molecule has 3 N–H and O–H groups in total. The van der Waals surface area contributed by atoms with Crippen LogP contribution in [0.1, 0.15) is 17.6 Å². The lowest BCUT2D eigenvalue weighted by Crippen LogP contribution is -2.28. The number of hydrogen-bond donors (Lipinski definition) is 2. The molecule has 0 saturated heterocycles. The Labute approximate surface area is 66.8 Å². The highest BCUT2D eigenvalue weighted by atomic mass is 19.4. The Morgan fingerprint density at radius 2 is 2.17 bits per heavy atom. The number of imidazole rings is 1. The molecule has 0 saturated carbocycles. The lowest BCUT2D eigenvalue weighted by molar-refractivity contribution is -0.149. The van der Waals surface area contributed by atoms with Gasteiger partial charge in [-0.05, 0) is 6.92 Å². The fraction of sp³-hybridized carbons (Fsp3) is 0.500. The molecule has 3 nitrogen and oxygen atoms in total. The first kappa shape index (κ1) is 9.05. The van der Waals surface area contributed by atoms with Gasteiger partial charge in [-0.15, -0.1) is 0 Å². The van der Waals surface area contributed by atoms with E-state index in [0.29, 0.717) is 5.82 Å². The molecule has 68 valence electrons. The SMILES string of the molecule is Cc1ncc(C(N)C(F)(F)F)[nH]1. The maximum absolute atomic E-state index is 12.0. The van der Waals surface area contributed by atoms with Gasteiger partial charge in [0.05, 0.1) is 11.9 Å². The maximum atomic E-state index is 12.0. The minimum absolute atomic E-state index is 0.111. The van der Waals surface area contributed by atoms with Gasteiger partial charge < -0.3 is 10.7 Å². The van der Waals surface area contributed by atoms with Crippen LogP contribution in [0, 0.1) is 6.92 Å². The quantitative estimate of drug-likeness (QED) is 0.682. The molecule has 0 radical (unpaired) electrons. The third kappa shape index (κ3) is 1.76. The molecule has 0 aromatic carbocycles. The number of rotatable bonds is 1. The molecule has 0 bridgehead atoms. The number of nitrogens with one attached hydrogen (secondary N) is 1. The lowest BCUT2D eigenvalue weighted by atomic mass is 10.2. The zero-order chi connectivity index (χ0) is 9.35. The van der Waals surface area contributed by atoms with Crippen molar-refractivity contribution in [1.82, 2.24) is 9.97 Å². The van der Waals surface area contributed by atoms with Crippen molar-refractivity contribution in [3.8, 4) is 0 Å². The average Bonchev–Trinajstić information content (AvgIpc) is 2.32. The van der Waals surface area contributed by atoms with Crippen LogP contribution in [0.4, 0.5) is 13.2 Å². The minimum atomic E-state index is -4.42. The first-order chi connectivity index (χ1) is 5.41. The van der Waals surface area contributed by atoms with E-state index >= 15 is 0 Å². The topological polar surface area (TPSA) is 54.7 Å². The van der Waals surface area contributed by atoms with Crippen LogP contribution in [0.15, 0.2) is 6.20 Å². The Bertz CT molecular complexity index is 265. The summed E-state index contributed by atoms with van der Waals surface area (Å²) >= 11 is 0. The van der Waals surface area contributed by atoms with E-state index in [1.165, 1.54) is 0 Å². The van der Waals surface area contributed by atoms with Crippen LogP contribution in [0.3, 0.4) is 0 Å². The van der Waals surface area contributed by atoms with Gasteiger partial charge in [0, 0.05) is 0 Å². The highest BCUT2D eigenvalue weighted by Crippen LogP contribution is 2.28. The van der Waals surface area contributed by atoms with Crippen molar-refractivity contribution < 1.29 is 13.2 Å². The number of nitrogens with two attached hydrogens (primary N) is 1. The van der Waals surface area contributed by atoms with Gasteiger partial charge in [-0.3, -0.25) is 0 Å². The number of alkyl halides is 3. The van der Waals surface area contributed by atoms with Gasteiger partial charge in [0.2, 0.25) is 0 Å². The maximum Gasteiger partial charge on any atom is 0.409 e. The number of hydrogen-bond acceptors (Lipinski definition) is 2. The Morgan fingerprint density at radius 1 is 1.58 bits per heavy atom. The molecule has 1 unspecified atom stereocenters. The third-order valence-electron chi connectivity index (χ3n) is 1.41. The van der Waals surface area contributed by atoms with E-state index in [4.69, 9.17) is 5.73 Å². The van der Waals surface area contributed by atoms with Gasteiger partial charge in [0.25, 0.3) is 0 Å². The van der Waals surface area contributed by atoms with Crippen LogP contribution in [0.25, 0.3) is 0 Å². The summed E-state index contributed by atoms with van der Waals surface area (Å²) < 4.78 is 35.9. The average molecular weight is 179 g/mol. The van der Waals surface area contributed by atoms with Crippen molar-refractivity contribution in [2.24, 2.45) is 5.73 Å². The zero-order valence-corrected chi connectivity index (χ0v) is 6.31. The predicted molar refractivity (Wildman–Crippen MR) is 36.3 cm³/mol. The van der Waals surface area contributed by atoms with E-state index in [2.05, 4.69) is 9.97 Å². The summed E-state index contributed by atoms with van der Waals surface area (Å²) in [6.07, 6.45) is -3.33. The summed E-state index contributed by atoms with van der Waals surface area (Å²) in [4.78, 5) is 6.04. The molecule has 0 spiro atoms. The largest absolute Gasteiger partial charge is 0.409 e. The highest BCUT2D eigenvalue weighted by molar-refractivity contribution is 5.07. The number of H-pyrrole nitrogens is 1. The minimum Gasteiger partial charge on any atom is -0.345 e. The van der Waals surface area contributed by atoms with Crippen molar-refractivity contribution in [3.63, 3.8) is 0 Å². The molecule has 1 rings (SSSR count). The molecule has 0 aliphatic rings. The monoisotopic (exact) mass is 179 g/mol. The van der Waals surface area contributed by atoms with Crippen molar-refractivity contribution in [2.45, 2.75) is 19.1 Å². The number of nitrogens with zero attached hydrogens (tertiary/aromatic N) is 1. The molecule has 1 aromatic rings. The second-order valence-electron chi connectivity index (χ2n) is 2.44. The molecule has 0 amide bonds. The summed E-state index contributed by atoms with van der Waals surface area (Å²) in [5.41, 5.74) is 4.78. The summed E-state index contributed by atoms with van der Waals surface area (Å²) in [5, 5.41) is 0. The molecule has 12 heavy (non-hydrogen) atoms. The van der Waals surface area contributed by atoms with Gasteiger partial charge in [0.15, 0.2) is 0 Å².